The molecular weight excluding hydrogens is 262 g/mol. The third-order valence-electron chi connectivity index (χ3n) is 3.59. The van der Waals surface area contributed by atoms with E-state index in [9.17, 15) is 4.79 Å². The maximum atomic E-state index is 12.0. The number of para-hydroxylation sites is 1. The first-order valence-corrected chi connectivity index (χ1v) is 7.17. The first-order valence-electron chi connectivity index (χ1n) is 7.17. The first-order chi connectivity index (χ1) is 10.3. The number of amides is 1. The van der Waals surface area contributed by atoms with Gasteiger partial charge in [0.25, 0.3) is 5.91 Å². The topological polar surface area (TPSA) is 54.4 Å². The van der Waals surface area contributed by atoms with E-state index in [1.54, 1.807) is 6.07 Å². The molecule has 0 unspecified atom stereocenters. The second kappa shape index (κ2) is 6.31. The molecule has 1 aromatic carbocycles. The molecule has 4 nitrogen and oxygen atoms in total. The van der Waals surface area contributed by atoms with Gasteiger partial charge in [-0.1, -0.05) is 36.4 Å². The van der Waals surface area contributed by atoms with E-state index in [1.807, 2.05) is 36.5 Å². The van der Waals surface area contributed by atoms with Crippen molar-refractivity contribution in [2.24, 2.45) is 11.0 Å². The molecule has 106 valence electrons. The van der Waals surface area contributed by atoms with Gasteiger partial charge in [-0.25, -0.2) is 10.4 Å². The van der Waals surface area contributed by atoms with Crippen LogP contribution in [0.5, 0.6) is 0 Å². The van der Waals surface area contributed by atoms with Gasteiger partial charge in [-0.05, 0) is 37.3 Å². The molecule has 1 atom stereocenters. The summed E-state index contributed by atoms with van der Waals surface area (Å²) in [6.07, 6.45) is 9.33. The van der Waals surface area contributed by atoms with Crippen molar-refractivity contribution in [3.05, 3.63) is 54.2 Å². The number of benzene rings is 1. The fraction of sp³-hybridized carbons (Fsp3) is 0.235. The summed E-state index contributed by atoms with van der Waals surface area (Å²) in [6, 6.07) is 11.3. The van der Waals surface area contributed by atoms with E-state index in [-0.39, 0.29) is 5.91 Å². The van der Waals surface area contributed by atoms with E-state index in [1.165, 1.54) is 0 Å². The Labute approximate surface area is 123 Å². The zero-order chi connectivity index (χ0) is 14.5. The van der Waals surface area contributed by atoms with Crippen LogP contribution in [0.1, 0.15) is 29.8 Å². The highest BCUT2D eigenvalue weighted by atomic mass is 16.2. The summed E-state index contributed by atoms with van der Waals surface area (Å²) in [7, 11) is 0. The third kappa shape index (κ3) is 3.34. The molecule has 0 saturated heterocycles. The van der Waals surface area contributed by atoms with Crippen LogP contribution in [0.3, 0.4) is 0 Å². The van der Waals surface area contributed by atoms with E-state index in [2.05, 4.69) is 27.7 Å². The highest BCUT2D eigenvalue weighted by Crippen LogP contribution is 2.15. The highest BCUT2D eigenvalue weighted by Gasteiger charge is 2.09. The van der Waals surface area contributed by atoms with Gasteiger partial charge < -0.3 is 0 Å². The third-order valence-corrected chi connectivity index (χ3v) is 3.59. The van der Waals surface area contributed by atoms with Crippen LogP contribution < -0.4 is 5.43 Å². The van der Waals surface area contributed by atoms with Crippen molar-refractivity contribution >= 4 is 23.0 Å². The minimum atomic E-state index is -0.275. The van der Waals surface area contributed by atoms with Gasteiger partial charge in [0.15, 0.2) is 0 Å². The number of hydrogen-bond donors (Lipinski definition) is 1. The predicted octanol–water partition coefficient (Wildman–Crippen LogP) is 3.31. The summed E-state index contributed by atoms with van der Waals surface area (Å²) in [5, 5.41) is 5.07. The Kier molecular flexibility index (Phi) is 4.05. The lowest BCUT2D eigenvalue weighted by atomic mass is 9.96. The molecule has 4 heteroatoms. The number of rotatable bonds is 3. The Balaban J connectivity index is 1.66. The number of fused-ring (bicyclic) bond motifs is 1. The molecule has 2 aromatic rings. The van der Waals surface area contributed by atoms with Gasteiger partial charge >= 0.3 is 0 Å². The number of allylic oxidation sites excluding steroid dienone is 2. The Morgan fingerprint density at radius 1 is 1.24 bits per heavy atom. The molecule has 0 aliphatic heterocycles. The maximum absolute atomic E-state index is 12.0. The van der Waals surface area contributed by atoms with Gasteiger partial charge in [0.1, 0.15) is 5.69 Å². The SMILES string of the molecule is O=C(N/N=C\[C@H]1CC=CCC1)c1ccc2ccccc2n1. The fourth-order valence-corrected chi connectivity index (χ4v) is 2.40. The van der Waals surface area contributed by atoms with Crippen LogP contribution in [0.15, 0.2) is 53.7 Å². The number of carbonyl (C=O) groups is 1. The summed E-state index contributed by atoms with van der Waals surface area (Å²) >= 11 is 0. The van der Waals surface area contributed by atoms with Gasteiger partial charge in [-0.15, -0.1) is 0 Å². The Morgan fingerprint density at radius 3 is 3.00 bits per heavy atom. The molecule has 21 heavy (non-hydrogen) atoms. The summed E-state index contributed by atoms with van der Waals surface area (Å²) < 4.78 is 0. The monoisotopic (exact) mass is 279 g/mol. The Bertz CT molecular complexity index is 706. The number of nitrogens with zero attached hydrogens (tertiary/aromatic N) is 2. The standard InChI is InChI=1S/C17H17N3O/c21-17(20-18-12-13-6-2-1-3-7-13)16-11-10-14-8-4-5-9-15(14)19-16/h1-2,4-5,8-13H,3,6-7H2,(H,20,21)/b18-12-/t13-/m0/s1. The molecule has 1 aliphatic carbocycles. The van der Waals surface area contributed by atoms with E-state index in [4.69, 9.17) is 0 Å². The van der Waals surface area contributed by atoms with Crippen molar-refractivity contribution in [1.29, 1.82) is 0 Å². The molecule has 1 aromatic heterocycles. The second-order valence-electron chi connectivity index (χ2n) is 5.15. The van der Waals surface area contributed by atoms with E-state index in [0.29, 0.717) is 11.6 Å². The van der Waals surface area contributed by atoms with Crippen LogP contribution in [0.4, 0.5) is 0 Å². The van der Waals surface area contributed by atoms with Crippen molar-refractivity contribution in [3.63, 3.8) is 0 Å². The lowest BCUT2D eigenvalue weighted by Crippen LogP contribution is -2.20. The molecule has 0 bridgehead atoms. The molecule has 0 spiro atoms. The van der Waals surface area contributed by atoms with Crippen molar-refractivity contribution < 1.29 is 4.79 Å². The number of hydrogen-bond acceptors (Lipinski definition) is 3. The normalized spacial score (nSPS) is 18.2. The van der Waals surface area contributed by atoms with Gasteiger partial charge in [-0.2, -0.15) is 5.10 Å². The van der Waals surface area contributed by atoms with Crippen molar-refractivity contribution in [2.45, 2.75) is 19.3 Å². The summed E-state index contributed by atoms with van der Waals surface area (Å²) in [5.74, 6) is 0.142. The van der Waals surface area contributed by atoms with Crippen LogP contribution in [0.2, 0.25) is 0 Å². The molecule has 1 N–H and O–H groups in total. The molecule has 1 amide bonds. The fourth-order valence-electron chi connectivity index (χ4n) is 2.40. The average molecular weight is 279 g/mol. The lowest BCUT2D eigenvalue weighted by molar-refractivity contribution is 0.0950. The van der Waals surface area contributed by atoms with E-state index >= 15 is 0 Å². The van der Waals surface area contributed by atoms with E-state index in [0.717, 1.165) is 30.2 Å². The zero-order valence-electron chi connectivity index (χ0n) is 11.7. The van der Waals surface area contributed by atoms with Crippen molar-refractivity contribution in [2.75, 3.05) is 0 Å². The lowest BCUT2D eigenvalue weighted by Gasteiger charge is -2.11. The largest absolute Gasteiger partial charge is 0.289 e. The van der Waals surface area contributed by atoms with Gasteiger partial charge in [0, 0.05) is 11.6 Å². The average Bonchev–Trinajstić information content (AvgIpc) is 2.55. The smallest absolute Gasteiger partial charge is 0.266 e. The molecule has 1 heterocycles. The number of carbonyl (C=O) groups excluding carboxylic acids is 1. The van der Waals surface area contributed by atoms with Crippen LogP contribution in [-0.2, 0) is 0 Å². The molecule has 0 saturated carbocycles. The summed E-state index contributed by atoms with van der Waals surface area (Å²) in [6.45, 7) is 0. The van der Waals surface area contributed by atoms with Crippen molar-refractivity contribution in [1.82, 2.24) is 10.4 Å². The molecular formula is C17H17N3O. The predicted molar refractivity (Wildman–Crippen MR) is 84.2 cm³/mol. The first kappa shape index (κ1) is 13.5. The molecule has 1 aliphatic rings. The van der Waals surface area contributed by atoms with Crippen LogP contribution >= 0.6 is 0 Å². The van der Waals surface area contributed by atoms with Crippen LogP contribution in [0, 0.1) is 5.92 Å². The number of nitrogens with one attached hydrogen (secondary N) is 1. The summed E-state index contributed by atoms with van der Waals surface area (Å²) in [5.41, 5.74) is 3.75. The highest BCUT2D eigenvalue weighted by molar-refractivity contribution is 5.95. The van der Waals surface area contributed by atoms with Crippen LogP contribution in [-0.4, -0.2) is 17.1 Å². The molecule has 3 rings (SSSR count). The summed E-state index contributed by atoms with van der Waals surface area (Å²) in [4.78, 5) is 16.4. The minimum Gasteiger partial charge on any atom is -0.266 e. The van der Waals surface area contributed by atoms with Crippen LogP contribution in [0.25, 0.3) is 10.9 Å². The number of pyridine rings is 1. The maximum Gasteiger partial charge on any atom is 0.289 e. The van der Waals surface area contributed by atoms with E-state index < -0.39 is 0 Å². The second-order valence-corrected chi connectivity index (χ2v) is 5.15. The van der Waals surface area contributed by atoms with Gasteiger partial charge in [0.2, 0.25) is 0 Å². The minimum absolute atomic E-state index is 0.275. The molecule has 0 radical (unpaired) electrons. The van der Waals surface area contributed by atoms with Gasteiger partial charge in [0.05, 0.1) is 5.52 Å². The Hall–Kier alpha value is -2.49. The zero-order valence-corrected chi connectivity index (χ0v) is 11.7. The number of aromatic nitrogens is 1. The van der Waals surface area contributed by atoms with Crippen molar-refractivity contribution in [3.8, 4) is 0 Å². The number of hydrazone groups is 1. The Morgan fingerprint density at radius 2 is 2.14 bits per heavy atom. The quantitative estimate of drug-likeness (QED) is 0.532. The molecule has 0 fully saturated rings. The van der Waals surface area contributed by atoms with Gasteiger partial charge in [-0.3, -0.25) is 4.79 Å².